The number of unbranched alkanes of at least 4 members (excludes halogenated alkanes) is 15. The summed E-state index contributed by atoms with van der Waals surface area (Å²) in [6.45, 7) is 4.14. The molecule has 5 atom stereocenters. The van der Waals surface area contributed by atoms with Gasteiger partial charge in [-0.05, 0) is 18.9 Å². The van der Waals surface area contributed by atoms with Crippen LogP contribution in [0.15, 0.2) is 12.3 Å². The van der Waals surface area contributed by atoms with E-state index < -0.39 is 32.4 Å². The number of carbonyl (C=O) groups is 1. The Morgan fingerprint density at radius 1 is 0.930 bits per heavy atom. The Kier molecular flexibility index (Phi) is 16.2. The monoisotopic (exact) mass is 627 g/mol. The molecule has 246 valence electrons. The van der Waals surface area contributed by atoms with Crippen molar-refractivity contribution in [3.63, 3.8) is 0 Å². The molecule has 12 heteroatoms. The molecule has 1 aromatic rings. The first-order valence-corrected chi connectivity index (χ1v) is 18.1. The summed E-state index contributed by atoms with van der Waals surface area (Å²) in [5.41, 5.74) is 0.0411. The van der Waals surface area contributed by atoms with Gasteiger partial charge in [0.15, 0.2) is 23.9 Å². The lowest BCUT2D eigenvalue weighted by atomic mass is 10.0. The zero-order valence-electron chi connectivity index (χ0n) is 26.3. The molecule has 43 heavy (non-hydrogen) atoms. The van der Waals surface area contributed by atoms with Gasteiger partial charge in [0.1, 0.15) is 6.10 Å². The van der Waals surface area contributed by atoms with Crippen LogP contribution < -0.4 is 10.2 Å². The summed E-state index contributed by atoms with van der Waals surface area (Å²) < 4.78 is 42.3. The summed E-state index contributed by atoms with van der Waals surface area (Å²) in [7, 11) is -4.31. The Bertz CT molecular complexity index is 1050. The minimum atomic E-state index is -4.31. The molecule has 0 radical (unpaired) electrons. The van der Waals surface area contributed by atoms with Crippen molar-refractivity contribution in [2.75, 3.05) is 13.2 Å². The molecule has 0 bridgehead atoms. The number of phosphoric ester groups is 1. The highest BCUT2D eigenvalue weighted by atomic mass is 31.2. The third-order valence-corrected chi connectivity index (χ3v) is 9.02. The molecule has 1 saturated heterocycles. The van der Waals surface area contributed by atoms with Gasteiger partial charge in [-0.2, -0.15) is 4.98 Å². The van der Waals surface area contributed by atoms with Gasteiger partial charge in [-0.3, -0.25) is 23.8 Å². The standard InChI is InChI=1S/C31H54N3O8P/c1-3-5-7-9-10-11-12-13-14-15-16-17-18-20-27(35)41-28-25(24-39-43(36,37)38-23-19-8-6-4-2)40-30-29(28)42-31-33-26(32)21-22-34(30)31/h21-22,25,28-30,32H,3-20,23-24H2,1-2H3,(H,36,37). The number of carbonyl (C=O) groups excluding carboxylic acids is 1. The molecule has 0 saturated carbocycles. The normalized spacial score (nSPS) is 22.1. The number of esters is 1. The second-order valence-corrected chi connectivity index (χ2v) is 13.2. The number of phosphoric acid groups is 1. The summed E-state index contributed by atoms with van der Waals surface area (Å²) in [5.74, 6) is -0.375. The molecule has 2 aliphatic rings. The molecule has 0 aromatic carbocycles. The number of rotatable bonds is 24. The van der Waals surface area contributed by atoms with E-state index in [2.05, 4.69) is 18.8 Å². The van der Waals surface area contributed by atoms with E-state index in [0.29, 0.717) is 6.42 Å². The summed E-state index contributed by atoms with van der Waals surface area (Å²) in [6.07, 6.45) is 18.3. The number of nitrogens with zero attached hydrogens (tertiary/aromatic N) is 2. The van der Waals surface area contributed by atoms with Gasteiger partial charge in [0, 0.05) is 12.6 Å². The largest absolute Gasteiger partial charge is 0.472 e. The molecule has 3 heterocycles. The molecule has 5 unspecified atom stereocenters. The third kappa shape index (κ3) is 12.6. The van der Waals surface area contributed by atoms with E-state index in [1.807, 2.05) is 0 Å². The van der Waals surface area contributed by atoms with Crippen molar-refractivity contribution in [1.29, 1.82) is 5.41 Å². The fourth-order valence-electron chi connectivity index (χ4n) is 5.56. The van der Waals surface area contributed by atoms with Crippen molar-refractivity contribution in [3.8, 4) is 6.01 Å². The van der Waals surface area contributed by atoms with Crippen molar-refractivity contribution in [3.05, 3.63) is 17.8 Å². The number of ether oxygens (including phenoxy) is 3. The van der Waals surface area contributed by atoms with Crippen LogP contribution in [0.3, 0.4) is 0 Å². The van der Waals surface area contributed by atoms with Gasteiger partial charge in [0.25, 0.3) is 0 Å². The molecule has 0 aliphatic carbocycles. The number of aromatic nitrogens is 2. The Morgan fingerprint density at radius 2 is 1.51 bits per heavy atom. The molecule has 11 nitrogen and oxygen atoms in total. The summed E-state index contributed by atoms with van der Waals surface area (Å²) in [6, 6.07) is 1.70. The van der Waals surface area contributed by atoms with Crippen LogP contribution in [0.1, 0.15) is 136 Å². The first-order chi connectivity index (χ1) is 20.8. The highest BCUT2D eigenvalue weighted by Gasteiger charge is 2.54. The molecule has 3 rings (SSSR count). The number of fused-ring (bicyclic) bond motifs is 3. The van der Waals surface area contributed by atoms with Gasteiger partial charge in [-0.1, -0.05) is 110 Å². The SMILES string of the molecule is CCCCCCCCCCCCCCCC(=O)OC1C(COP(=O)(O)OCCCCCC)OC2C1Oc1nc(=N)ccn12. The van der Waals surface area contributed by atoms with Crippen molar-refractivity contribution in [1.82, 2.24) is 9.55 Å². The van der Waals surface area contributed by atoms with E-state index >= 15 is 0 Å². The fourth-order valence-corrected chi connectivity index (χ4v) is 6.33. The Labute approximate surface area is 257 Å². The van der Waals surface area contributed by atoms with Crippen molar-refractivity contribution in [2.24, 2.45) is 0 Å². The van der Waals surface area contributed by atoms with E-state index in [9.17, 15) is 14.3 Å². The second-order valence-electron chi connectivity index (χ2n) is 11.8. The molecular formula is C31H54N3O8P. The molecule has 0 spiro atoms. The van der Waals surface area contributed by atoms with Gasteiger partial charge < -0.3 is 19.1 Å². The lowest BCUT2D eigenvalue weighted by molar-refractivity contribution is -0.156. The maximum Gasteiger partial charge on any atom is 0.472 e. The summed E-state index contributed by atoms with van der Waals surface area (Å²) in [4.78, 5) is 27.1. The van der Waals surface area contributed by atoms with Crippen LogP contribution in [0.25, 0.3) is 0 Å². The Morgan fingerprint density at radius 3 is 2.14 bits per heavy atom. The van der Waals surface area contributed by atoms with E-state index in [4.69, 9.17) is 28.7 Å². The Hall–Kier alpha value is -1.78. The summed E-state index contributed by atoms with van der Waals surface area (Å²) >= 11 is 0. The van der Waals surface area contributed by atoms with Crippen LogP contribution in [0.5, 0.6) is 6.01 Å². The highest BCUT2D eigenvalue weighted by molar-refractivity contribution is 7.47. The van der Waals surface area contributed by atoms with E-state index in [1.54, 1.807) is 10.8 Å². The topological polar surface area (TPSA) is 142 Å². The molecule has 1 aromatic heterocycles. The Balaban J connectivity index is 1.40. The minimum Gasteiger partial charge on any atom is -0.455 e. The number of hydrogen-bond donors (Lipinski definition) is 2. The average Bonchev–Trinajstić information content (AvgIpc) is 3.49. The van der Waals surface area contributed by atoms with Crippen molar-refractivity contribution >= 4 is 13.8 Å². The third-order valence-electron chi connectivity index (χ3n) is 8.04. The van der Waals surface area contributed by atoms with Crippen LogP contribution in [0.4, 0.5) is 0 Å². The van der Waals surface area contributed by atoms with Gasteiger partial charge in [0.05, 0.1) is 13.2 Å². The minimum absolute atomic E-state index is 0.0411. The lowest BCUT2D eigenvalue weighted by Crippen LogP contribution is -2.39. The van der Waals surface area contributed by atoms with E-state index in [-0.39, 0.29) is 37.1 Å². The molecule has 0 amide bonds. The maximum atomic E-state index is 12.8. The number of nitrogens with one attached hydrogen (secondary N) is 1. The van der Waals surface area contributed by atoms with Crippen molar-refractivity contribution in [2.45, 2.75) is 154 Å². The van der Waals surface area contributed by atoms with Crippen LogP contribution in [0.2, 0.25) is 0 Å². The molecular weight excluding hydrogens is 573 g/mol. The lowest BCUT2D eigenvalue weighted by Gasteiger charge is -2.23. The van der Waals surface area contributed by atoms with Gasteiger partial charge in [0.2, 0.25) is 0 Å². The first-order valence-electron chi connectivity index (χ1n) is 16.6. The highest BCUT2D eigenvalue weighted by Crippen LogP contribution is 2.46. The quantitative estimate of drug-likeness (QED) is 0.0695. The predicted molar refractivity (Wildman–Crippen MR) is 162 cm³/mol. The molecule has 2 N–H and O–H groups in total. The smallest absolute Gasteiger partial charge is 0.455 e. The molecule has 1 fully saturated rings. The second kappa shape index (κ2) is 19.6. The fraction of sp³-hybridized carbons (Fsp3) is 0.839. The summed E-state index contributed by atoms with van der Waals surface area (Å²) in [5, 5.41) is 7.77. The zero-order chi connectivity index (χ0) is 30.9. The van der Waals surface area contributed by atoms with Crippen LogP contribution in [-0.2, 0) is 27.9 Å². The van der Waals surface area contributed by atoms with Crippen LogP contribution in [-0.4, -0.2) is 51.9 Å². The van der Waals surface area contributed by atoms with Gasteiger partial charge >= 0.3 is 19.8 Å². The van der Waals surface area contributed by atoms with E-state index in [1.165, 1.54) is 70.3 Å². The van der Waals surface area contributed by atoms with Gasteiger partial charge in [-0.15, -0.1) is 0 Å². The average molecular weight is 628 g/mol. The maximum absolute atomic E-state index is 12.8. The van der Waals surface area contributed by atoms with Crippen LogP contribution in [0, 0.1) is 5.41 Å². The van der Waals surface area contributed by atoms with Gasteiger partial charge in [-0.25, -0.2) is 4.57 Å². The first kappa shape index (κ1) is 35.7. The molecule has 2 aliphatic heterocycles. The van der Waals surface area contributed by atoms with Crippen LogP contribution >= 0.6 is 7.82 Å². The predicted octanol–water partition coefficient (Wildman–Crippen LogP) is 7.13. The zero-order valence-corrected chi connectivity index (χ0v) is 27.1. The van der Waals surface area contributed by atoms with Crippen molar-refractivity contribution < 1.29 is 37.5 Å². The number of hydrogen-bond acceptors (Lipinski definition) is 9. The van der Waals surface area contributed by atoms with E-state index in [0.717, 1.165) is 38.5 Å².